The van der Waals surface area contributed by atoms with E-state index in [1.807, 2.05) is 145 Å². The number of thioether (sulfide) groups is 2. The zero-order valence-corrected chi connectivity index (χ0v) is 23.4. The minimum atomic E-state index is 0.727. The normalized spacial score (nSPS) is 10.3. The molecule has 0 aliphatic carbocycles. The molecule has 0 aromatic heterocycles. The Morgan fingerprint density at radius 1 is 0.436 bits per heavy atom. The van der Waals surface area contributed by atoms with E-state index in [4.69, 9.17) is 9.98 Å². The fraction of sp³-hybridized carbons (Fsp3) is 0.161. The van der Waals surface area contributed by atoms with Crippen LogP contribution in [0.15, 0.2) is 131 Å². The second-order valence-electron chi connectivity index (χ2n) is 8.36. The molecule has 6 nitrogen and oxygen atoms in total. The van der Waals surface area contributed by atoms with Gasteiger partial charge in [0.25, 0.3) is 0 Å². The molecule has 0 atom stereocenters. The molecule has 4 aromatic rings. The third kappa shape index (κ3) is 11.2. The van der Waals surface area contributed by atoms with Crippen LogP contribution >= 0.6 is 23.5 Å². The second kappa shape index (κ2) is 16.9. The van der Waals surface area contributed by atoms with Gasteiger partial charge in [-0.1, -0.05) is 72.8 Å². The molecule has 0 radical (unpaired) electrons. The van der Waals surface area contributed by atoms with E-state index in [2.05, 4.69) is 21.3 Å². The highest BCUT2D eigenvalue weighted by Gasteiger charge is 2.03. The molecule has 0 saturated carbocycles. The van der Waals surface area contributed by atoms with Gasteiger partial charge in [0.05, 0.1) is 13.1 Å². The smallest absolute Gasteiger partial charge is 0.200 e. The summed E-state index contributed by atoms with van der Waals surface area (Å²) in [6.45, 7) is 1.45. The maximum Gasteiger partial charge on any atom is 0.200 e. The Bertz CT molecular complexity index is 1080. The number of nitrogens with one attached hydrogen (secondary N) is 4. The second-order valence-corrected chi connectivity index (χ2v) is 10.9. The number of para-hydroxylation sites is 4. The first-order valence-corrected chi connectivity index (χ1v) is 15.2. The molecule has 4 rings (SSSR count). The van der Waals surface area contributed by atoms with Gasteiger partial charge in [-0.3, -0.25) is 9.98 Å². The summed E-state index contributed by atoms with van der Waals surface area (Å²) < 4.78 is 0. The van der Waals surface area contributed by atoms with Gasteiger partial charge in [0.2, 0.25) is 0 Å². The first-order valence-electron chi connectivity index (χ1n) is 12.9. The number of hydrogen-bond donors (Lipinski definition) is 4. The number of aliphatic imine (C=N–C) groups is 2. The molecule has 0 bridgehead atoms. The maximum absolute atomic E-state index is 4.78. The summed E-state index contributed by atoms with van der Waals surface area (Å²) >= 11 is 3.79. The molecule has 4 aromatic carbocycles. The molecule has 0 saturated heterocycles. The van der Waals surface area contributed by atoms with Crippen molar-refractivity contribution < 1.29 is 0 Å². The highest BCUT2D eigenvalue weighted by Crippen LogP contribution is 2.14. The van der Waals surface area contributed by atoms with Gasteiger partial charge >= 0.3 is 0 Å². The third-order valence-electron chi connectivity index (χ3n) is 5.32. The predicted octanol–water partition coefficient (Wildman–Crippen LogP) is 7.57. The van der Waals surface area contributed by atoms with Crippen molar-refractivity contribution >= 4 is 58.2 Å². The lowest BCUT2D eigenvalue weighted by atomic mass is 10.3. The van der Waals surface area contributed by atoms with Crippen molar-refractivity contribution in [2.24, 2.45) is 9.98 Å². The SMILES string of the molecule is c1ccc(NC(=NCCSCSCCN=C(Nc2ccccc2)Nc2ccccc2)Nc2ccccc2)cc1. The van der Waals surface area contributed by atoms with E-state index >= 15 is 0 Å². The topological polar surface area (TPSA) is 72.8 Å². The van der Waals surface area contributed by atoms with Crippen LogP contribution in [0.5, 0.6) is 0 Å². The number of benzene rings is 4. The zero-order valence-electron chi connectivity index (χ0n) is 21.8. The van der Waals surface area contributed by atoms with Crippen LogP contribution in [0.3, 0.4) is 0 Å². The van der Waals surface area contributed by atoms with E-state index in [1.54, 1.807) is 0 Å². The predicted molar refractivity (Wildman–Crippen MR) is 175 cm³/mol. The molecule has 0 aliphatic rings. The average Bonchev–Trinajstić information content (AvgIpc) is 2.98. The summed E-state index contributed by atoms with van der Waals surface area (Å²) in [5.74, 6) is 3.39. The van der Waals surface area contributed by atoms with Gasteiger partial charge in [0.15, 0.2) is 11.9 Å². The van der Waals surface area contributed by atoms with E-state index in [9.17, 15) is 0 Å². The van der Waals surface area contributed by atoms with Crippen LogP contribution in [0, 0.1) is 0 Å². The first-order chi connectivity index (χ1) is 19.3. The monoisotopic (exact) mass is 554 g/mol. The van der Waals surface area contributed by atoms with Crippen molar-refractivity contribution in [1.29, 1.82) is 0 Å². The molecule has 39 heavy (non-hydrogen) atoms. The Hall–Kier alpha value is -3.88. The molecule has 0 spiro atoms. The highest BCUT2D eigenvalue weighted by molar-refractivity contribution is 8.16. The van der Waals surface area contributed by atoms with E-state index in [1.165, 1.54) is 0 Å². The fourth-order valence-electron chi connectivity index (χ4n) is 3.47. The Morgan fingerprint density at radius 3 is 1.00 bits per heavy atom. The van der Waals surface area contributed by atoms with Gasteiger partial charge < -0.3 is 21.3 Å². The van der Waals surface area contributed by atoms with E-state index < -0.39 is 0 Å². The van der Waals surface area contributed by atoms with Crippen molar-refractivity contribution in [2.75, 3.05) is 50.9 Å². The largest absolute Gasteiger partial charge is 0.326 e. The quantitative estimate of drug-likeness (QED) is 0.0627. The highest BCUT2D eigenvalue weighted by atomic mass is 32.2. The van der Waals surface area contributed by atoms with Crippen LogP contribution in [0.4, 0.5) is 22.7 Å². The van der Waals surface area contributed by atoms with Crippen LogP contribution in [0.1, 0.15) is 0 Å². The maximum atomic E-state index is 4.78. The van der Waals surface area contributed by atoms with Crippen molar-refractivity contribution in [3.63, 3.8) is 0 Å². The minimum Gasteiger partial charge on any atom is -0.326 e. The van der Waals surface area contributed by atoms with Crippen LogP contribution < -0.4 is 21.3 Å². The summed E-state index contributed by atoms with van der Waals surface area (Å²) in [6.07, 6.45) is 0. The lowest BCUT2D eigenvalue weighted by molar-refractivity contribution is 1.14. The fourth-order valence-corrected chi connectivity index (χ4v) is 5.33. The average molecular weight is 555 g/mol. The van der Waals surface area contributed by atoms with Gasteiger partial charge in [-0.25, -0.2) is 0 Å². The Labute approximate surface area is 239 Å². The Kier molecular flexibility index (Phi) is 12.2. The molecule has 200 valence electrons. The number of rotatable bonds is 12. The molecule has 0 heterocycles. The molecule has 0 amide bonds. The van der Waals surface area contributed by atoms with Gasteiger partial charge in [0, 0.05) is 39.3 Å². The van der Waals surface area contributed by atoms with Crippen molar-refractivity contribution in [3.8, 4) is 0 Å². The van der Waals surface area contributed by atoms with Gasteiger partial charge in [0.1, 0.15) is 0 Å². The molecule has 0 aliphatic heterocycles. The lowest BCUT2D eigenvalue weighted by Crippen LogP contribution is -2.22. The van der Waals surface area contributed by atoms with Gasteiger partial charge in [-0.15, -0.1) is 23.5 Å². The van der Waals surface area contributed by atoms with Crippen LogP contribution in [0.2, 0.25) is 0 Å². The van der Waals surface area contributed by atoms with Gasteiger partial charge in [-0.2, -0.15) is 0 Å². The van der Waals surface area contributed by atoms with Crippen LogP contribution in [0.25, 0.3) is 0 Å². The lowest BCUT2D eigenvalue weighted by Gasteiger charge is -2.13. The molecule has 8 heteroatoms. The number of hydrogen-bond acceptors (Lipinski definition) is 4. The Morgan fingerprint density at radius 2 is 0.718 bits per heavy atom. The first kappa shape index (κ1) is 28.1. The molecule has 4 N–H and O–H groups in total. The van der Waals surface area contributed by atoms with Crippen molar-refractivity contribution in [3.05, 3.63) is 121 Å². The summed E-state index contributed by atoms with van der Waals surface area (Å²) in [5, 5.41) is 14.6. The standard InChI is InChI=1S/C31H34N6S2/c1-5-13-26(14-6-1)34-30(35-27-15-7-2-8-16-27)32-21-23-38-25-39-24-22-33-31(36-28-17-9-3-10-18-28)37-29-19-11-4-12-20-29/h1-20H,21-25H2,(H2,32,34,35)(H2,33,36,37). The molecule has 0 unspecified atom stereocenters. The summed E-state index contributed by atoms with van der Waals surface area (Å²) in [5.41, 5.74) is 4.02. The Balaban J connectivity index is 1.20. The van der Waals surface area contributed by atoms with Crippen LogP contribution in [-0.2, 0) is 0 Å². The van der Waals surface area contributed by atoms with E-state index in [-0.39, 0.29) is 0 Å². The summed E-state index contributed by atoms with van der Waals surface area (Å²) in [7, 11) is 0. The van der Waals surface area contributed by atoms with Gasteiger partial charge in [-0.05, 0) is 48.5 Å². The number of nitrogens with zero attached hydrogens (tertiary/aromatic N) is 2. The number of guanidine groups is 2. The van der Waals surface area contributed by atoms with E-state index in [0.29, 0.717) is 0 Å². The minimum absolute atomic E-state index is 0.727. The van der Waals surface area contributed by atoms with Crippen LogP contribution in [-0.4, -0.2) is 41.6 Å². The third-order valence-corrected chi connectivity index (χ3v) is 7.60. The van der Waals surface area contributed by atoms with Crippen molar-refractivity contribution in [2.45, 2.75) is 0 Å². The van der Waals surface area contributed by atoms with Crippen molar-refractivity contribution in [1.82, 2.24) is 0 Å². The summed E-state index contributed by atoms with van der Waals surface area (Å²) in [6, 6.07) is 40.4. The van der Waals surface area contributed by atoms with E-state index in [0.717, 1.165) is 64.3 Å². The number of anilines is 4. The summed E-state index contributed by atoms with van der Waals surface area (Å²) in [4.78, 5) is 9.55. The molecular weight excluding hydrogens is 521 g/mol. The molecular formula is C31H34N6S2. The molecule has 0 fully saturated rings. The zero-order chi connectivity index (χ0) is 26.8.